The maximum Gasteiger partial charge on any atom is 0.264 e. The van der Waals surface area contributed by atoms with Crippen LogP contribution in [0, 0.1) is 0 Å². The zero-order valence-corrected chi connectivity index (χ0v) is 7.96. The molecule has 1 aliphatic rings. The lowest BCUT2D eigenvalue weighted by Crippen LogP contribution is -2.45. The Bertz CT molecular complexity index is 275. The number of hydrogen-bond acceptors (Lipinski definition) is 5. The second kappa shape index (κ2) is 4.03. The largest absolute Gasteiger partial charge is 0.364 e. The van der Waals surface area contributed by atoms with Gasteiger partial charge in [0.1, 0.15) is 12.7 Å². The van der Waals surface area contributed by atoms with Crippen molar-refractivity contribution in [1.29, 1.82) is 0 Å². The van der Waals surface area contributed by atoms with Crippen LogP contribution >= 0.6 is 0 Å². The molecule has 6 nitrogen and oxygen atoms in total. The minimum absolute atomic E-state index is 0.0439. The van der Waals surface area contributed by atoms with Crippen molar-refractivity contribution in [3.8, 4) is 0 Å². The van der Waals surface area contributed by atoms with Gasteiger partial charge in [-0.05, 0) is 0 Å². The van der Waals surface area contributed by atoms with E-state index in [-0.39, 0.29) is 31.8 Å². The molecule has 0 radical (unpaired) electrons. The lowest BCUT2D eigenvalue weighted by molar-refractivity contribution is -0.134. The van der Waals surface area contributed by atoms with E-state index in [9.17, 15) is 13.2 Å². The highest BCUT2D eigenvalue weighted by Crippen LogP contribution is 1.99. The van der Waals surface area contributed by atoms with Gasteiger partial charge in [-0.2, -0.15) is 8.42 Å². The van der Waals surface area contributed by atoms with Crippen molar-refractivity contribution in [2.75, 3.05) is 26.0 Å². The topological polar surface area (TPSA) is 81.7 Å². The summed E-state index contributed by atoms with van der Waals surface area (Å²) < 4.78 is 30.6. The SMILES string of the molecule is CS(=O)(=O)OCC1CNC(=O)CO1. The zero-order chi connectivity index (χ0) is 9.90. The smallest absolute Gasteiger partial charge is 0.264 e. The van der Waals surface area contributed by atoms with E-state index in [4.69, 9.17) is 4.74 Å². The number of carbonyl (C=O) groups is 1. The summed E-state index contributed by atoms with van der Waals surface area (Å²) in [5.74, 6) is -0.199. The Labute approximate surface area is 76.3 Å². The molecule has 0 aliphatic carbocycles. The molecule has 0 bridgehead atoms. The summed E-state index contributed by atoms with van der Waals surface area (Å²) in [6, 6.07) is 0. The van der Waals surface area contributed by atoms with Gasteiger partial charge >= 0.3 is 0 Å². The first-order valence-electron chi connectivity index (χ1n) is 3.70. The van der Waals surface area contributed by atoms with E-state index in [1.54, 1.807) is 0 Å². The highest BCUT2D eigenvalue weighted by atomic mass is 32.2. The highest BCUT2D eigenvalue weighted by Gasteiger charge is 2.19. The molecule has 1 unspecified atom stereocenters. The third-order valence-corrected chi connectivity index (χ3v) is 2.01. The van der Waals surface area contributed by atoms with E-state index in [1.807, 2.05) is 0 Å². The van der Waals surface area contributed by atoms with Gasteiger partial charge < -0.3 is 10.1 Å². The van der Waals surface area contributed by atoms with Gasteiger partial charge in [-0.25, -0.2) is 0 Å². The Morgan fingerprint density at radius 1 is 1.69 bits per heavy atom. The van der Waals surface area contributed by atoms with Gasteiger partial charge in [0.2, 0.25) is 5.91 Å². The summed E-state index contributed by atoms with van der Waals surface area (Å²) in [4.78, 5) is 10.6. The van der Waals surface area contributed by atoms with Crippen LogP contribution in [-0.4, -0.2) is 46.4 Å². The molecule has 1 fully saturated rings. The van der Waals surface area contributed by atoms with Crippen molar-refractivity contribution in [2.45, 2.75) is 6.10 Å². The van der Waals surface area contributed by atoms with Crippen LogP contribution in [0.15, 0.2) is 0 Å². The molecule has 1 amide bonds. The molecule has 13 heavy (non-hydrogen) atoms. The first kappa shape index (κ1) is 10.4. The van der Waals surface area contributed by atoms with Crippen molar-refractivity contribution in [2.24, 2.45) is 0 Å². The highest BCUT2D eigenvalue weighted by molar-refractivity contribution is 7.85. The minimum Gasteiger partial charge on any atom is -0.364 e. The molecular formula is C6H11NO5S. The van der Waals surface area contributed by atoms with Gasteiger partial charge in [0.05, 0.1) is 12.9 Å². The fourth-order valence-corrected chi connectivity index (χ4v) is 1.24. The maximum atomic E-state index is 10.6. The van der Waals surface area contributed by atoms with Crippen LogP contribution in [0.3, 0.4) is 0 Å². The normalized spacial score (nSPS) is 24.1. The number of amides is 1. The first-order chi connectivity index (χ1) is 5.97. The summed E-state index contributed by atoms with van der Waals surface area (Å²) in [5.41, 5.74) is 0. The van der Waals surface area contributed by atoms with Crippen molar-refractivity contribution in [1.82, 2.24) is 5.32 Å². The minimum atomic E-state index is -3.43. The van der Waals surface area contributed by atoms with Crippen LogP contribution in [0.1, 0.15) is 0 Å². The van der Waals surface area contributed by atoms with E-state index in [2.05, 4.69) is 9.50 Å². The number of nitrogens with one attached hydrogen (secondary N) is 1. The Hall–Kier alpha value is -0.660. The number of ether oxygens (including phenoxy) is 1. The summed E-state index contributed by atoms with van der Waals surface area (Å²) in [6.07, 6.45) is 0.585. The van der Waals surface area contributed by atoms with Crippen LogP contribution < -0.4 is 5.32 Å². The van der Waals surface area contributed by atoms with E-state index in [1.165, 1.54) is 0 Å². The summed E-state index contributed by atoms with van der Waals surface area (Å²) in [7, 11) is -3.43. The van der Waals surface area contributed by atoms with E-state index in [0.717, 1.165) is 6.26 Å². The Kier molecular flexibility index (Phi) is 3.23. The quantitative estimate of drug-likeness (QED) is 0.571. The van der Waals surface area contributed by atoms with Crippen molar-refractivity contribution >= 4 is 16.0 Å². The van der Waals surface area contributed by atoms with Crippen molar-refractivity contribution in [3.05, 3.63) is 0 Å². The molecule has 1 N–H and O–H groups in total. The van der Waals surface area contributed by atoms with E-state index < -0.39 is 10.1 Å². The maximum absolute atomic E-state index is 10.6. The Morgan fingerprint density at radius 3 is 2.85 bits per heavy atom. The monoisotopic (exact) mass is 209 g/mol. The fraction of sp³-hybridized carbons (Fsp3) is 0.833. The van der Waals surface area contributed by atoms with Gasteiger partial charge in [0.15, 0.2) is 0 Å². The van der Waals surface area contributed by atoms with Gasteiger partial charge in [-0.15, -0.1) is 0 Å². The van der Waals surface area contributed by atoms with Crippen LogP contribution in [0.5, 0.6) is 0 Å². The molecule has 76 valence electrons. The van der Waals surface area contributed by atoms with Crippen LogP contribution in [0.25, 0.3) is 0 Å². The third kappa shape index (κ3) is 4.20. The molecule has 1 rings (SSSR count). The van der Waals surface area contributed by atoms with E-state index >= 15 is 0 Å². The number of carbonyl (C=O) groups excluding carboxylic acids is 1. The second-order valence-electron chi connectivity index (χ2n) is 2.73. The fourth-order valence-electron chi connectivity index (χ4n) is 0.838. The summed E-state index contributed by atoms with van der Waals surface area (Å²) >= 11 is 0. The molecule has 0 aromatic carbocycles. The molecule has 7 heteroatoms. The van der Waals surface area contributed by atoms with Gasteiger partial charge in [-0.1, -0.05) is 0 Å². The average Bonchev–Trinajstić information content (AvgIpc) is 2.02. The molecular weight excluding hydrogens is 198 g/mol. The molecule has 1 aliphatic heterocycles. The third-order valence-electron chi connectivity index (χ3n) is 1.45. The summed E-state index contributed by atoms with van der Waals surface area (Å²) in [6.45, 7) is 0.186. The van der Waals surface area contributed by atoms with Crippen LogP contribution in [0.4, 0.5) is 0 Å². The van der Waals surface area contributed by atoms with Gasteiger partial charge in [0, 0.05) is 6.54 Å². The molecule has 0 saturated carbocycles. The van der Waals surface area contributed by atoms with Gasteiger partial charge in [0.25, 0.3) is 10.1 Å². The number of morpholine rings is 1. The predicted molar refractivity (Wildman–Crippen MR) is 43.5 cm³/mol. The number of hydrogen-bond donors (Lipinski definition) is 1. The van der Waals surface area contributed by atoms with Crippen molar-refractivity contribution in [3.63, 3.8) is 0 Å². The predicted octanol–water partition coefficient (Wildman–Crippen LogP) is -1.52. The van der Waals surface area contributed by atoms with Crippen molar-refractivity contribution < 1.29 is 22.1 Å². The van der Waals surface area contributed by atoms with E-state index in [0.29, 0.717) is 0 Å². The summed E-state index contributed by atoms with van der Waals surface area (Å²) in [5, 5.41) is 2.53. The van der Waals surface area contributed by atoms with Crippen LogP contribution in [0.2, 0.25) is 0 Å². The van der Waals surface area contributed by atoms with Crippen LogP contribution in [-0.2, 0) is 23.8 Å². The molecule has 0 spiro atoms. The number of rotatable bonds is 3. The Morgan fingerprint density at radius 2 is 2.38 bits per heavy atom. The molecule has 0 aromatic rings. The second-order valence-corrected chi connectivity index (χ2v) is 4.37. The molecule has 0 aromatic heterocycles. The first-order valence-corrected chi connectivity index (χ1v) is 5.52. The molecule has 1 atom stereocenters. The standard InChI is InChI=1S/C6H11NO5S/c1-13(9,10)12-3-5-2-7-6(8)4-11-5/h5H,2-4H2,1H3,(H,7,8). The lowest BCUT2D eigenvalue weighted by Gasteiger charge is -2.22. The average molecular weight is 209 g/mol. The molecule has 1 saturated heterocycles. The van der Waals surface area contributed by atoms with Gasteiger partial charge in [-0.3, -0.25) is 8.98 Å². The zero-order valence-electron chi connectivity index (χ0n) is 7.15. The lowest BCUT2D eigenvalue weighted by atomic mass is 10.3. The Balaban J connectivity index is 2.27. The molecule has 1 heterocycles.